The van der Waals surface area contributed by atoms with Gasteiger partial charge in [-0.3, -0.25) is 4.79 Å². The van der Waals surface area contributed by atoms with Crippen LogP contribution in [0.4, 0.5) is 0 Å². The van der Waals surface area contributed by atoms with Crippen LogP contribution in [0.3, 0.4) is 0 Å². The van der Waals surface area contributed by atoms with Gasteiger partial charge >= 0.3 is 0 Å². The third-order valence-electron chi connectivity index (χ3n) is 4.22. The van der Waals surface area contributed by atoms with Crippen molar-refractivity contribution >= 4 is 5.91 Å². The molecular formula is C15H26N4O. The molecule has 1 atom stereocenters. The van der Waals surface area contributed by atoms with Gasteiger partial charge in [-0.05, 0) is 46.7 Å². The lowest BCUT2D eigenvalue weighted by atomic mass is 9.78. The van der Waals surface area contributed by atoms with Crippen molar-refractivity contribution in [3.05, 3.63) is 18.2 Å². The normalized spacial score (nSPS) is 19.9. The van der Waals surface area contributed by atoms with E-state index in [0.717, 1.165) is 25.9 Å². The zero-order valence-corrected chi connectivity index (χ0v) is 12.9. The second-order valence-corrected chi connectivity index (χ2v) is 6.34. The molecule has 1 aliphatic rings. The molecule has 0 saturated carbocycles. The first kappa shape index (κ1) is 15.0. The van der Waals surface area contributed by atoms with Gasteiger partial charge in [0.15, 0.2) is 0 Å². The van der Waals surface area contributed by atoms with E-state index in [1.807, 2.05) is 31.5 Å². The summed E-state index contributed by atoms with van der Waals surface area (Å²) >= 11 is 0. The minimum absolute atomic E-state index is 0.0526. The van der Waals surface area contributed by atoms with Gasteiger partial charge in [0.25, 0.3) is 0 Å². The molecule has 20 heavy (non-hydrogen) atoms. The first-order valence-electron chi connectivity index (χ1n) is 7.47. The zero-order chi connectivity index (χ0) is 14.8. The summed E-state index contributed by atoms with van der Waals surface area (Å²) in [6, 6.07) is -0.0620. The number of nitrogens with one attached hydrogen (secondary N) is 2. The Morgan fingerprint density at radius 1 is 1.40 bits per heavy atom. The largest absolute Gasteiger partial charge is 0.352 e. The van der Waals surface area contributed by atoms with Gasteiger partial charge in [-0.2, -0.15) is 0 Å². The fourth-order valence-electron chi connectivity index (χ4n) is 2.85. The Balaban J connectivity index is 2.21. The molecule has 2 heterocycles. The molecule has 0 radical (unpaired) electrons. The van der Waals surface area contributed by atoms with Gasteiger partial charge in [0.1, 0.15) is 6.04 Å². The molecule has 112 valence electrons. The molecule has 1 aliphatic heterocycles. The summed E-state index contributed by atoms with van der Waals surface area (Å²) in [5.74, 6) is 0.0526. The average Bonchev–Trinajstić information content (AvgIpc) is 2.87. The Bertz CT molecular complexity index is 460. The van der Waals surface area contributed by atoms with Crippen molar-refractivity contribution in [1.29, 1.82) is 0 Å². The Morgan fingerprint density at radius 2 is 2.05 bits per heavy atom. The van der Waals surface area contributed by atoms with Crippen LogP contribution in [0.25, 0.3) is 0 Å². The maximum Gasteiger partial charge on any atom is 0.243 e. The molecule has 5 nitrogen and oxygen atoms in total. The number of rotatable bonds is 4. The Hall–Kier alpha value is -1.36. The van der Waals surface area contributed by atoms with Gasteiger partial charge in [0.2, 0.25) is 5.91 Å². The predicted molar refractivity (Wildman–Crippen MR) is 79.7 cm³/mol. The van der Waals surface area contributed by atoms with E-state index in [4.69, 9.17) is 0 Å². The van der Waals surface area contributed by atoms with Gasteiger partial charge in [-0.1, -0.05) is 6.92 Å². The number of carbonyl (C=O) groups is 1. The molecule has 0 spiro atoms. The van der Waals surface area contributed by atoms with E-state index < -0.39 is 0 Å². The molecular weight excluding hydrogens is 252 g/mol. The van der Waals surface area contributed by atoms with Crippen molar-refractivity contribution in [2.45, 2.75) is 58.0 Å². The van der Waals surface area contributed by atoms with Gasteiger partial charge in [0.05, 0.1) is 6.33 Å². The summed E-state index contributed by atoms with van der Waals surface area (Å²) in [7, 11) is 0. The highest BCUT2D eigenvalue weighted by atomic mass is 16.2. The number of carbonyl (C=O) groups excluding carboxylic acids is 1. The van der Waals surface area contributed by atoms with Gasteiger partial charge in [-0.25, -0.2) is 4.98 Å². The molecule has 1 saturated heterocycles. The number of nitrogens with zero attached hydrogens (tertiary/aromatic N) is 2. The lowest BCUT2D eigenvalue weighted by Crippen LogP contribution is -2.41. The maximum atomic E-state index is 12.2. The zero-order valence-electron chi connectivity index (χ0n) is 12.9. The Labute approximate surface area is 121 Å². The molecule has 0 bridgehead atoms. The second-order valence-electron chi connectivity index (χ2n) is 6.34. The SMILES string of the molecule is CC(C)NC(=O)C(C)n1cncc1C1(C)CCNCC1. The van der Waals surface area contributed by atoms with Crippen LogP contribution in [-0.4, -0.2) is 34.6 Å². The topological polar surface area (TPSA) is 59.0 Å². The molecule has 0 aromatic carbocycles. The number of imidazole rings is 1. The minimum atomic E-state index is -0.221. The summed E-state index contributed by atoms with van der Waals surface area (Å²) < 4.78 is 2.03. The Morgan fingerprint density at radius 3 is 2.65 bits per heavy atom. The van der Waals surface area contributed by atoms with Crippen molar-refractivity contribution in [1.82, 2.24) is 20.2 Å². The van der Waals surface area contributed by atoms with E-state index in [1.54, 1.807) is 6.33 Å². The number of piperidine rings is 1. The first-order chi connectivity index (χ1) is 9.44. The van der Waals surface area contributed by atoms with E-state index in [2.05, 4.69) is 22.5 Å². The van der Waals surface area contributed by atoms with Crippen LogP contribution >= 0.6 is 0 Å². The van der Waals surface area contributed by atoms with Crippen LogP contribution in [0.15, 0.2) is 12.5 Å². The molecule has 5 heteroatoms. The summed E-state index contributed by atoms with van der Waals surface area (Å²) in [5.41, 5.74) is 1.28. The van der Waals surface area contributed by atoms with E-state index in [0.29, 0.717) is 0 Å². The van der Waals surface area contributed by atoms with Crippen LogP contribution in [0.2, 0.25) is 0 Å². The lowest BCUT2D eigenvalue weighted by Gasteiger charge is -2.35. The fourth-order valence-corrected chi connectivity index (χ4v) is 2.85. The van der Waals surface area contributed by atoms with E-state index in [1.165, 1.54) is 5.69 Å². The van der Waals surface area contributed by atoms with Crippen molar-refractivity contribution in [3.8, 4) is 0 Å². The fraction of sp³-hybridized carbons (Fsp3) is 0.733. The summed E-state index contributed by atoms with van der Waals surface area (Å²) in [5, 5.41) is 6.36. The van der Waals surface area contributed by atoms with Crippen LogP contribution in [0.5, 0.6) is 0 Å². The van der Waals surface area contributed by atoms with Crippen LogP contribution in [-0.2, 0) is 10.2 Å². The van der Waals surface area contributed by atoms with Crippen LogP contribution < -0.4 is 10.6 Å². The van der Waals surface area contributed by atoms with Crippen molar-refractivity contribution in [2.24, 2.45) is 0 Å². The summed E-state index contributed by atoms with van der Waals surface area (Å²) in [4.78, 5) is 16.5. The van der Waals surface area contributed by atoms with E-state index in [-0.39, 0.29) is 23.4 Å². The number of hydrogen-bond donors (Lipinski definition) is 2. The number of aromatic nitrogens is 2. The van der Waals surface area contributed by atoms with Crippen molar-refractivity contribution < 1.29 is 4.79 Å². The highest BCUT2D eigenvalue weighted by Crippen LogP contribution is 2.33. The van der Waals surface area contributed by atoms with Gasteiger partial charge < -0.3 is 15.2 Å². The smallest absolute Gasteiger partial charge is 0.243 e. The number of hydrogen-bond acceptors (Lipinski definition) is 3. The van der Waals surface area contributed by atoms with Gasteiger partial charge in [0, 0.05) is 23.3 Å². The standard InChI is InChI=1S/C15H26N4O/c1-11(2)18-14(20)12(3)19-10-17-9-13(19)15(4)5-7-16-8-6-15/h9-12,16H,5-8H2,1-4H3,(H,18,20). The molecule has 1 aromatic heterocycles. The maximum absolute atomic E-state index is 12.2. The third-order valence-corrected chi connectivity index (χ3v) is 4.22. The highest BCUT2D eigenvalue weighted by Gasteiger charge is 2.33. The van der Waals surface area contributed by atoms with Gasteiger partial charge in [-0.15, -0.1) is 0 Å². The minimum Gasteiger partial charge on any atom is -0.352 e. The molecule has 1 unspecified atom stereocenters. The second kappa shape index (κ2) is 5.95. The Kier molecular flexibility index (Phi) is 4.48. The predicted octanol–water partition coefficient (Wildman–Crippen LogP) is 1.61. The lowest BCUT2D eigenvalue weighted by molar-refractivity contribution is -0.124. The molecule has 1 amide bonds. The van der Waals surface area contributed by atoms with Crippen molar-refractivity contribution in [2.75, 3.05) is 13.1 Å². The molecule has 2 rings (SSSR count). The summed E-state index contributed by atoms with van der Waals surface area (Å²) in [6.45, 7) is 10.2. The first-order valence-corrected chi connectivity index (χ1v) is 7.47. The monoisotopic (exact) mass is 278 g/mol. The molecule has 1 aromatic rings. The molecule has 0 aliphatic carbocycles. The molecule has 2 N–H and O–H groups in total. The van der Waals surface area contributed by atoms with E-state index in [9.17, 15) is 4.79 Å². The van der Waals surface area contributed by atoms with Crippen molar-refractivity contribution in [3.63, 3.8) is 0 Å². The van der Waals surface area contributed by atoms with E-state index >= 15 is 0 Å². The highest BCUT2D eigenvalue weighted by molar-refractivity contribution is 5.80. The quantitative estimate of drug-likeness (QED) is 0.879. The number of amides is 1. The summed E-state index contributed by atoms with van der Waals surface area (Å²) in [6.07, 6.45) is 5.87. The van der Waals surface area contributed by atoms with Crippen LogP contribution in [0.1, 0.15) is 52.3 Å². The third kappa shape index (κ3) is 3.03. The average molecular weight is 278 g/mol. The van der Waals surface area contributed by atoms with Crippen LogP contribution in [0, 0.1) is 0 Å². The molecule has 1 fully saturated rings.